The third-order valence-electron chi connectivity index (χ3n) is 3.37. The Labute approximate surface area is 143 Å². The molecule has 0 saturated carbocycles. The zero-order chi connectivity index (χ0) is 18.8. The highest BCUT2D eigenvalue weighted by molar-refractivity contribution is 7.89. The molecule has 0 radical (unpaired) electrons. The molecular weight excluding hydrogens is 357 g/mol. The highest BCUT2D eigenvalue weighted by Crippen LogP contribution is 2.29. The Morgan fingerprint density at radius 2 is 1.48 bits per heavy atom. The van der Waals surface area contributed by atoms with Crippen molar-refractivity contribution in [2.75, 3.05) is 19.4 Å². The molecule has 2 aromatic carbocycles. The van der Waals surface area contributed by atoms with Crippen LogP contribution in [-0.2, 0) is 16.2 Å². The molecule has 0 fully saturated rings. The molecule has 9 heteroatoms. The van der Waals surface area contributed by atoms with Crippen LogP contribution in [0.1, 0.15) is 15.9 Å². The number of anilines is 1. The van der Waals surface area contributed by atoms with Crippen LogP contribution in [-0.4, -0.2) is 32.7 Å². The van der Waals surface area contributed by atoms with Gasteiger partial charge >= 0.3 is 6.18 Å². The summed E-state index contributed by atoms with van der Waals surface area (Å²) in [7, 11) is -0.823. The lowest BCUT2D eigenvalue weighted by Crippen LogP contribution is -2.22. The normalized spacial score (nSPS) is 12.2. The number of nitrogens with one attached hydrogen (secondary N) is 1. The Morgan fingerprint density at radius 1 is 0.960 bits per heavy atom. The van der Waals surface area contributed by atoms with Gasteiger partial charge in [-0.25, -0.2) is 12.7 Å². The lowest BCUT2D eigenvalue weighted by molar-refractivity contribution is -0.137. The van der Waals surface area contributed by atoms with E-state index < -0.39 is 27.7 Å². The second-order valence-corrected chi connectivity index (χ2v) is 7.49. The minimum absolute atomic E-state index is 0.0311. The number of hydrogen-bond donors (Lipinski definition) is 1. The van der Waals surface area contributed by atoms with E-state index in [0.717, 1.165) is 28.6 Å². The lowest BCUT2D eigenvalue weighted by atomic mass is 10.2. The molecule has 0 heterocycles. The highest BCUT2D eigenvalue weighted by Gasteiger charge is 2.30. The number of sulfonamides is 1. The van der Waals surface area contributed by atoms with Crippen molar-refractivity contribution in [1.82, 2.24) is 4.31 Å². The molecule has 1 N–H and O–H groups in total. The molecular formula is C16H15F3N2O3S. The van der Waals surface area contributed by atoms with Gasteiger partial charge < -0.3 is 5.32 Å². The number of halogens is 3. The minimum Gasteiger partial charge on any atom is -0.322 e. The van der Waals surface area contributed by atoms with Gasteiger partial charge in [-0.2, -0.15) is 13.2 Å². The molecule has 0 saturated heterocycles. The predicted octanol–water partition coefficient (Wildman–Crippen LogP) is 3.21. The summed E-state index contributed by atoms with van der Waals surface area (Å²) in [6.45, 7) is 0. The number of carbonyl (C=O) groups is 1. The number of carbonyl (C=O) groups excluding carboxylic acids is 1. The van der Waals surface area contributed by atoms with Crippen molar-refractivity contribution >= 4 is 21.6 Å². The van der Waals surface area contributed by atoms with Crippen molar-refractivity contribution in [3.8, 4) is 0 Å². The van der Waals surface area contributed by atoms with Crippen LogP contribution in [0.25, 0.3) is 0 Å². The van der Waals surface area contributed by atoms with Crippen molar-refractivity contribution in [3.63, 3.8) is 0 Å². The maximum Gasteiger partial charge on any atom is 0.416 e. The van der Waals surface area contributed by atoms with Gasteiger partial charge in [-0.3, -0.25) is 4.79 Å². The molecule has 25 heavy (non-hydrogen) atoms. The average Bonchev–Trinajstić information content (AvgIpc) is 2.54. The zero-order valence-electron chi connectivity index (χ0n) is 13.3. The van der Waals surface area contributed by atoms with E-state index in [9.17, 15) is 26.4 Å². The van der Waals surface area contributed by atoms with E-state index in [2.05, 4.69) is 5.32 Å². The largest absolute Gasteiger partial charge is 0.416 e. The monoisotopic (exact) mass is 372 g/mol. The van der Waals surface area contributed by atoms with Gasteiger partial charge in [-0.05, 0) is 48.5 Å². The van der Waals surface area contributed by atoms with Crippen LogP contribution in [0.5, 0.6) is 0 Å². The quantitative estimate of drug-likeness (QED) is 0.896. The molecule has 2 rings (SSSR count). The number of alkyl halides is 3. The smallest absolute Gasteiger partial charge is 0.322 e. The van der Waals surface area contributed by atoms with Crippen LogP contribution in [0.4, 0.5) is 18.9 Å². The Hall–Kier alpha value is -2.39. The number of benzene rings is 2. The third-order valence-corrected chi connectivity index (χ3v) is 5.19. The molecule has 0 aromatic heterocycles. The van der Waals surface area contributed by atoms with Gasteiger partial charge in [0, 0.05) is 25.3 Å². The van der Waals surface area contributed by atoms with Crippen molar-refractivity contribution in [2.45, 2.75) is 11.1 Å². The van der Waals surface area contributed by atoms with Gasteiger partial charge in [0.25, 0.3) is 5.91 Å². The first-order chi connectivity index (χ1) is 11.5. The Bertz CT molecular complexity index is 859. The fourth-order valence-corrected chi connectivity index (χ4v) is 2.84. The van der Waals surface area contributed by atoms with E-state index in [0.29, 0.717) is 0 Å². The van der Waals surface area contributed by atoms with E-state index in [-0.39, 0.29) is 16.1 Å². The summed E-state index contributed by atoms with van der Waals surface area (Å²) >= 11 is 0. The van der Waals surface area contributed by atoms with Crippen molar-refractivity contribution in [2.24, 2.45) is 0 Å². The third kappa shape index (κ3) is 4.37. The highest BCUT2D eigenvalue weighted by atomic mass is 32.2. The fourth-order valence-electron chi connectivity index (χ4n) is 1.93. The topological polar surface area (TPSA) is 66.5 Å². The maximum absolute atomic E-state index is 12.5. The van der Waals surface area contributed by atoms with Gasteiger partial charge in [0.15, 0.2) is 0 Å². The van der Waals surface area contributed by atoms with E-state index >= 15 is 0 Å². The van der Waals surface area contributed by atoms with Crippen LogP contribution >= 0.6 is 0 Å². The van der Waals surface area contributed by atoms with Crippen LogP contribution in [0.2, 0.25) is 0 Å². The minimum atomic E-state index is -4.45. The Kier molecular flexibility index (Phi) is 5.19. The lowest BCUT2D eigenvalue weighted by Gasteiger charge is -2.12. The van der Waals surface area contributed by atoms with Crippen LogP contribution < -0.4 is 5.32 Å². The number of rotatable bonds is 4. The molecule has 0 spiro atoms. The first-order valence-electron chi connectivity index (χ1n) is 7.03. The molecule has 2 aromatic rings. The summed E-state index contributed by atoms with van der Waals surface area (Å²) < 4.78 is 62.4. The number of hydrogen-bond acceptors (Lipinski definition) is 3. The Morgan fingerprint density at radius 3 is 1.92 bits per heavy atom. The summed E-state index contributed by atoms with van der Waals surface area (Å²) in [5, 5.41) is 2.45. The molecule has 5 nitrogen and oxygen atoms in total. The van der Waals surface area contributed by atoms with Gasteiger partial charge in [-0.1, -0.05) is 0 Å². The molecule has 134 valence electrons. The summed E-state index contributed by atoms with van der Waals surface area (Å²) in [4.78, 5) is 12.1. The Balaban J connectivity index is 2.14. The fraction of sp³-hybridized carbons (Fsp3) is 0.188. The first-order valence-corrected chi connectivity index (χ1v) is 8.47. The van der Waals surface area contributed by atoms with Gasteiger partial charge in [-0.15, -0.1) is 0 Å². The maximum atomic E-state index is 12.5. The molecule has 0 aliphatic heterocycles. The van der Waals surface area contributed by atoms with Crippen molar-refractivity contribution < 1.29 is 26.4 Å². The summed E-state index contributed by atoms with van der Waals surface area (Å²) in [6, 6.07) is 9.25. The van der Waals surface area contributed by atoms with E-state index in [1.807, 2.05) is 0 Å². The second kappa shape index (κ2) is 6.85. The molecule has 0 unspecified atom stereocenters. The van der Waals surface area contributed by atoms with Crippen molar-refractivity contribution in [3.05, 3.63) is 59.7 Å². The van der Waals surface area contributed by atoms with Gasteiger partial charge in [0.1, 0.15) is 0 Å². The van der Waals surface area contributed by atoms with E-state index in [1.54, 1.807) is 0 Å². The number of nitrogens with zero attached hydrogens (tertiary/aromatic N) is 1. The molecule has 0 aliphatic rings. The van der Waals surface area contributed by atoms with E-state index in [4.69, 9.17) is 0 Å². The van der Waals surface area contributed by atoms with Crippen LogP contribution in [0.15, 0.2) is 53.4 Å². The predicted molar refractivity (Wildman–Crippen MR) is 86.7 cm³/mol. The first kappa shape index (κ1) is 18.9. The SMILES string of the molecule is CN(C)S(=O)(=O)c1ccc(C(=O)Nc2ccc(C(F)(F)F)cc2)cc1. The van der Waals surface area contributed by atoms with Crippen LogP contribution in [0.3, 0.4) is 0 Å². The molecule has 0 aliphatic carbocycles. The summed E-state index contributed by atoms with van der Waals surface area (Å²) in [5.41, 5.74) is -0.440. The molecule has 0 atom stereocenters. The van der Waals surface area contributed by atoms with Crippen LogP contribution in [0, 0.1) is 0 Å². The van der Waals surface area contributed by atoms with Gasteiger partial charge in [0.05, 0.1) is 10.5 Å². The second-order valence-electron chi connectivity index (χ2n) is 5.34. The zero-order valence-corrected chi connectivity index (χ0v) is 14.1. The average molecular weight is 372 g/mol. The van der Waals surface area contributed by atoms with Crippen molar-refractivity contribution in [1.29, 1.82) is 0 Å². The van der Waals surface area contributed by atoms with E-state index in [1.165, 1.54) is 38.4 Å². The number of amides is 1. The standard InChI is InChI=1S/C16H15F3N2O3S/c1-21(2)25(23,24)14-9-3-11(4-10-14)15(22)20-13-7-5-12(6-8-13)16(17,18)19/h3-10H,1-2H3,(H,20,22). The summed E-state index contributed by atoms with van der Waals surface area (Å²) in [5.74, 6) is -0.562. The van der Waals surface area contributed by atoms with Gasteiger partial charge in [0.2, 0.25) is 10.0 Å². The summed E-state index contributed by atoms with van der Waals surface area (Å²) in [6.07, 6.45) is -4.45. The molecule has 0 bridgehead atoms. The molecule has 1 amide bonds.